The fraction of sp³-hybridized carbons (Fsp3) is 0.800. The maximum absolute atomic E-state index is 6.25. The van der Waals surface area contributed by atoms with Crippen LogP contribution in [0.5, 0.6) is 0 Å². The number of alkyl halides is 1. The highest BCUT2D eigenvalue weighted by Gasteiger charge is 2.27. The van der Waals surface area contributed by atoms with E-state index < -0.39 is 0 Å². The van der Waals surface area contributed by atoms with Crippen LogP contribution in [0.15, 0.2) is 6.33 Å². The molecule has 0 N–H and O–H groups in total. The lowest BCUT2D eigenvalue weighted by atomic mass is 10.0. The molecule has 0 spiro atoms. The summed E-state index contributed by atoms with van der Waals surface area (Å²) in [6, 6.07) is 0. The van der Waals surface area contributed by atoms with Gasteiger partial charge in [0.15, 0.2) is 0 Å². The van der Waals surface area contributed by atoms with E-state index in [1.807, 2.05) is 16.4 Å². The molecule has 0 aromatic carbocycles. The Morgan fingerprint density at radius 3 is 3.13 bits per heavy atom. The van der Waals surface area contributed by atoms with Crippen molar-refractivity contribution in [3.8, 4) is 0 Å². The number of aryl methyl sites for hydroxylation is 1. The van der Waals surface area contributed by atoms with Gasteiger partial charge in [0.05, 0.1) is 0 Å². The zero-order valence-corrected chi connectivity index (χ0v) is 10.5. The Balaban J connectivity index is 2.00. The summed E-state index contributed by atoms with van der Waals surface area (Å²) in [7, 11) is 0. The first-order valence-electron chi connectivity index (χ1n) is 5.39. The number of thioether (sulfide) groups is 1. The van der Waals surface area contributed by atoms with E-state index in [4.69, 9.17) is 11.6 Å². The van der Waals surface area contributed by atoms with E-state index in [0.29, 0.717) is 11.3 Å². The molecule has 1 aliphatic heterocycles. The maximum atomic E-state index is 6.25. The van der Waals surface area contributed by atoms with Crippen LogP contribution in [0.1, 0.15) is 19.2 Å². The second-order valence-electron chi connectivity index (χ2n) is 3.92. The van der Waals surface area contributed by atoms with Crippen molar-refractivity contribution in [2.24, 2.45) is 5.92 Å². The highest BCUT2D eigenvalue weighted by atomic mass is 35.5. The largest absolute Gasteiger partial charge is 0.250 e. The van der Waals surface area contributed by atoms with Gasteiger partial charge in [0.1, 0.15) is 12.2 Å². The number of nitrogens with zero attached hydrogens (tertiary/aromatic N) is 3. The fourth-order valence-electron chi connectivity index (χ4n) is 1.84. The molecule has 1 aliphatic rings. The quantitative estimate of drug-likeness (QED) is 0.762. The summed E-state index contributed by atoms with van der Waals surface area (Å²) in [5, 5.41) is 4.54. The van der Waals surface area contributed by atoms with E-state index in [9.17, 15) is 0 Å². The van der Waals surface area contributed by atoms with Crippen molar-refractivity contribution in [3.63, 3.8) is 0 Å². The van der Waals surface area contributed by atoms with E-state index in [2.05, 4.69) is 17.0 Å². The lowest BCUT2D eigenvalue weighted by Crippen LogP contribution is -2.18. The van der Waals surface area contributed by atoms with Gasteiger partial charge in [-0.1, -0.05) is 6.92 Å². The van der Waals surface area contributed by atoms with E-state index in [1.165, 1.54) is 0 Å². The fourth-order valence-corrected chi connectivity index (χ4v) is 3.68. The molecule has 1 aromatic heterocycles. The van der Waals surface area contributed by atoms with Crippen molar-refractivity contribution < 1.29 is 0 Å². The van der Waals surface area contributed by atoms with Gasteiger partial charge in [-0.05, 0) is 18.1 Å². The van der Waals surface area contributed by atoms with E-state index in [1.54, 1.807) is 6.33 Å². The average Bonchev–Trinajstić information content (AvgIpc) is 2.80. The van der Waals surface area contributed by atoms with Gasteiger partial charge in [-0.15, -0.1) is 11.6 Å². The molecule has 1 aromatic rings. The lowest BCUT2D eigenvalue weighted by molar-refractivity contribution is 0.516. The summed E-state index contributed by atoms with van der Waals surface area (Å²) in [5.41, 5.74) is 0. The van der Waals surface area contributed by atoms with Gasteiger partial charge in [0.25, 0.3) is 0 Å². The Bertz CT molecular complexity index is 315. The molecule has 2 unspecified atom stereocenters. The molecule has 0 bridgehead atoms. The minimum atomic E-state index is 0.307. The Morgan fingerprint density at radius 2 is 2.47 bits per heavy atom. The number of halogens is 1. The van der Waals surface area contributed by atoms with Crippen LogP contribution in [0.25, 0.3) is 0 Å². The molecule has 1 saturated heterocycles. The van der Waals surface area contributed by atoms with E-state index in [0.717, 1.165) is 36.7 Å². The predicted molar refractivity (Wildman–Crippen MR) is 64.5 cm³/mol. The molecule has 1 fully saturated rings. The van der Waals surface area contributed by atoms with Gasteiger partial charge in [0.2, 0.25) is 0 Å². The molecular formula is C10H16ClN3S. The Hall–Kier alpha value is -0.220. The van der Waals surface area contributed by atoms with Crippen LogP contribution in [0.2, 0.25) is 0 Å². The first kappa shape index (κ1) is 11.3. The van der Waals surface area contributed by atoms with E-state index >= 15 is 0 Å². The summed E-state index contributed by atoms with van der Waals surface area (Å²) in [6.45, 7) is 3.11. The van der Waals surface area contributed by atoms with Crippen molar-refractivity contribution in [3.05, 3.63) is 12.2 Å². The average molecular weight is 246 g/mol. The molecule has 0 radical (unpaired) electrons. The first-order chi connectivity index (χ1) is 7.31. The van der Waals surface area contributed by atoms with Crippen LogP contribution >= 0.6 is 23.4 Å². The topological polar surface area (TPSA) is 30.7 Å². The molecule has 2 atom stereocenters. The zero-order valence-electron chi connectivity index (χ0n) is 8.90. The number of hydrogen-bond acceptors (Lipinski definition) is 3. The first-order valence-corrected chi connectivity index (χ1v) is 6.99. The van der Waals surface area contributed by atoms with Crippen LogP contribution in [0.4, 0.5) is 0 Å². The van der Waals surface area contributed by atoms with Gasteiger partial charge in [-0.2, -0.15) is 16.9 Å². The molecule has 2 heterocycles. The normalized spacial score (nSPS) is 26.0. The Labute approximate surface area is 99.6 Å². The molecule has 2 rings (SSSR count). The third-order valence-electron chi connectivity index (χ3n) is 2.70. The van der Waals surface area contributed by atoms with Crippen LogP contribution in [-0.4, -0.2) is 31.6 Å². The summed E-state index contributed by atoms with van der Waals surface area (Å²) < 4.78 is 2.01. The summed E-state index contributed by atoms with van der Waals surface area (Å²) in [6.07, 6.45) is 3.72. The molecule has 15 heavy (non-hydrogen) atoms. The van der Waals surface area contributed by atoms with Crippen LogP contribution in [0.3, 0.4) is 0 Å². The second-order valence-corrected chi connectivity index (χ2v) is 5.55. The minimum absolute atomic E-state index is 0.307. The smallest absolute Gasteiger partial charge is 0.138 e. The van der Waals surface area contributed by atoms with Crippen LogP contribution in [0, 0.1) is 5.92 Å². The molecule has 5 heteroatoms. The SMILES string of the molecule is CCCn1ncnc1CC1CSCC1Cl. The number of aromatic nitrogens is 3. The highest BCUT2D eigenvalue weighted by Crippen LogP contribution is 2.30. The van der Waals surface area contributed by atoms with Crippen molar-refractivity contribution in [2.45, 2.75) is 31.7 Å². The van der Waals surface area contributed by atoms with Crippen molar-refractivity contribution in [2.75, 3.05) is 11.5 Å². The van der Waals surface area contributed by atoms with Gasteiger partial charge >= 0.3 is 0 Å². The number of rotatable bonds is 4. The summed E-state index contributed by atoms with van der Waals surface area (Å²) in [4.78, 5) is 4.32. The predicted octanol–water partition coefficient (Wildman–Crippen LogP) is 2.20. The highest BCUT2D eigenvalue weighted by molar-refractivity contribution is 7.99. The Kier molecular flexibility index (Phi) is 3.92. The zero-order chi connectivity index (χ0) is 10.7. The van der Waals surface area contributed by atoms with Gasteiger partial charge in [0, 0.05) is 24.1 Å². The molecule has 0 aliphatic carbocycles. The third-order valence-corrected chi connectivity index (χ3v) is 4.65. The molecule has 0 saturated carbocycles. The van der Waals surface area contributed by atoms with Crippen molar-refractivity contribution in [1.29, 1.82) is 0 Å². The molecule has 84 valence electrons. The minimum Gasteiger partial charge on any atom is -0.250 e. The molecule has 0 amide bonds. The third kappa shape index (κ3) is 2.67. The van der Waals surface area contributed by atoms with E-state index in [-0.39, 0.29) is 0 Å². The van der Waals surface area contributed by atoms with Crippen LogP contribution in [-0.2, 0) is 13.0 Å². The standard InChI is InChI=1S/C10H16ClN3S/c1-2-3-14-10(12-7-13-14)4-8-5-15-6-9(8)11/h7-9H,2-6H2,1H3. The Morgan fingerprint density at radius 1 is 1.60 bits per heavy atom. The monoisotopic (exact) mass is 245 g/mol. The lowest BCUT2D eigenvalue weighted by Gasteiger charge is -2.12. The van der Waals surface area contributed by atoms with Crippen molar-refractivity contribution >= 4 is 23.4 Å². The summed E-state index contributed by atoms with van der Waals surface area (Å²) in [5.74, 6) is 3.90. The van der Waals surface area contributed by atoms with Gasteiger partial charge in [-0.25, -0.2) is 4.98 Å². The van der Waals surface area contributed by atoms with Gasteiger partial charge in [-0.3, -0.25) is 4.68 Å². The summed E-state index contributed by atoms with van der Waals surface area (Å²) >= 11 is 8.19. The second kappa shape index (κ2) is 5.21. The van der Waals surface area contributed by atoms with Crippen molar-refractivity contribution in [1.82, 2.24) is 14.8 Å². The van der Waals surface area contributed by atoms with Gasteiger partial charge < -0.3 is 0 Å². The maximum Gasteiger partial charge on any atom is 0.138 e. The molecule has 3 nitrogen and oxygen atoms in total. The molecular weight excluding hydrogens is 230 g/mol. The number of hydrogen-bond donors (Lipinski definition) is 0. The van der Waals surface area contributed by atoms with Crippen LogP contribution < -0.4 is 0 Å².